The second-order valence-electron chi connectivity index (χ2n) is 5.81. The number of hydrogen-bond donors (Lipinski definition) is 4. The fourth-order valence-electron chi connectivity index (χ4n) is 2.40. The van der Waals surface area contributed by atoms with Crippen LogP contribution < -0.4 is 16.4 Å². The first-order valence-electron chi connectivity index (χ1n) is 8.03. The first-order valence-corrected chi connectivity index (χ1v) is 8.03. The normalized spacial score (nSPS) is 10.4. The number of nitrogens with two attached hydrogens (primary N) is 1. The first kappa shape index (κ1) is 18.3. The van der Waals surface area contributed by atoms with Gasteiger partial charge in [0.2, 0.25) is 5.91 Å². The minimum Gasteiger partial charge on any atom is -0.366 e. The fourth-order valence-corrected chi connectivity index (χ4v) is 2.40. The van der Waals surface area contributed by atoms with Crippen LogP contribution in [0.1, 0.15) is 55.7 Å². The van der Waals surface area contributed by atoms with Crippen molar-refractivity contribution in [3.63, 3.8) is 0 Å². The molecule has 0 fully saturated rings. The van der Waals surface area contributed by atoms with Crippen molar-refractivity contribution in [1.29, 1.82) is 0 Å². The predicted molar refractivity (Wildman–Crippen MR) is 95.8 cm³/mol. The molecule has 0 bridgehead atoms. The van der Waals surface area contributed by atoms with Crippen LogP contribution in [-0.4, -0.2) is 29.3 Å². The molecule has 7 heteroatoms. The van der Waals surface area contributed by atoms with E-state index in [2.05, 4.69) is 15.6 Å². The lowest BCUT2D eigenvalue weighted by molar-refractivity contribution is 0.0952. The number of rotatable bonds is 6. The Kier molecular flexibility index (Phi) is 5.59. The molecule has 7 nitrogen and oxygen atoms in total. The van der Waals surface area contributed by atoms with Gasteiger partial charge in [-0.3, -0.25) is 14.4 Å². The van der Waals surface area contributed by atoms with Crippen molar-refractivity contribution in [2.75, 3.05) is 11.9 Å². The van der Waals surface area contributed by atoms with E-state index < -0.39 is 11.8 Å². The quantitative estimate of drug-likeness (QED) is 0.644. The summed E-state index contributed by atoms with van der Waals surface area (Å²) in [5.74, 6) is -1.18. The molecular formula is C18H22N4O3. The number of aromatic nitrogens is 1. The van der Waals surface area contributed by atoms with E-state index in [1.165, 1.54) is 12.3 Å². The highest BCUT2D eigenvalue weighted by molar-refractivity contribution is 6.07. The Morgan fingerprint density at radius 3 is 2.52 bits per heavy atom. The second-order valence-corrected chi connectivity index (χ2v) is 5.81. The smallest absolute Gasteiger partial charge is 0.272 e. The zero-order valence-corrected chi connectivity index (χ0v) is 14.5. The van der Waals surface area contributed by atoms with Gasteiger partial charge in [0.05, 0.1) is 5.56 Å². The summed E-state index contributed by atoms with van der Waals surface area (Å²) < 4.78 is 0. The van der Waals surface area contributed by atoms with Gasteiger partial charge in [-0.25, -0.2) is 0 Å². The third-order valence-corrected chi connectivity index (χ3v) is 3.92. The van der Waals surface area contributed by atoms with Gasteiger partial charge in [0, 0.05) is 24.0 Å². The fraction of sp³-hybridized carbons (Fsp3) is 0.278. The van der Waals surface area contributed by atoms with Crippen molar-refractivity contribution in [3.8, 4) is 0 Å². The van der Waals surface area contributed by atoms with Crippen molar-refractivity contribution in [2.24, 2.45) is 5.73 Å². The molecule has 0 saturated carbocycles. The molecule has 25 heavy (non-hydrogen) atoms. The van der Waals surface area contributed by atoms with Crippen LogP contribution in [0.5, 0.6) is 0 Å². The molecule has 2 rings (SSSR count). The lowest BCUT2D eigenvalue weighted by Crippen LogP contribution is -2.24. The van der Waals surface area contributed by atoms with Crippen molar-refractivity contribution < 1.29 is 14.4 Å². The summed E-state index contributed by atoms with van der Waals surface area (Å²) in [5, 5.41) is 5.53. The number of primary amides is 1. The third kappa shape index (κ3) is 4.06. The van der Waals surface area contributed by atoms with Gasteiger partial charge >= 0.3 is 0 Å². The van der Waals surface area contributed by atoms with Crippen LogP contribution in [0.15, 0.2) is 24.4 Å². The lowest BCUT2D eigenvalue weighted by Gasteiger charge is -2.10. The molecule has 0 unspecified atom stereocenters. The number of amides is 3. The van der Waals surface area contributed by atoms with Crippen LogP contribution in [0.2, 0.25) is 0 Å². The molecule has 0 aliphatic rings. The Morgan fingerprint density at radius 2 is 1.88 bits per heavy atom. The summed E-state index contributed by atoms with van der Waals surface area (Å²) >= 11 is 0. The van der Waals surface area contributed by atoms with Crippen molar-refractivity contribution in [1.82, 2.24) is 10.3 Å². The summed E-state index contributed by atoms with van der Waals surface area (Å²) in [6, 6.07) is 4.84. The van der Waals surface area contributed by atoms with E-state index in [4.69, 9.17) is 5.73 Å². The van der Waals surface area contributed by atoms with Gasteiger partial charge in [-0.15, -0.1) is 0 Å². The number of anilines is 1. The highest BCUT2D eigenvalue weighted by Gasteiger charge is 2.19. The van der Waals surface area contributed by atoms with E-state index in [-0.39, 0.29) is 5.91 Å². The molecule has 0 spiro atoms. The molecule has 1 heterocycles. The summed E-state index contributed by atoms with van der Waals surface area (Å²) in [6.07, 6.45) is 2.35. The Morgan fingerprint density at radius 1 is 1.16 bits per heavy atom. The van der Waals surface area contributed by atoms with Gasteiger partial charge in [0.25, 0.3) is 11.8 Å². The largest absolute Gasteiger partial charge is 0.366 e. The van der Waals surface area contributed by atoms with E-state index in [9.17, 15) is 14.4 Å². The molecule has 5 N–H and O–H groups in total. The number of hydrogen-bond acceptors (Lipinski definition) is 3. The monoisotopic (exact) mass is 342 g/mol. The Bertz CT molecular complexity index is 824. The Labute approximate surface area is 146 Å². The molecule has 0 saturated heterocycles. The summed E-state index contributed by atoms with van der Waals surface area (Å²) in [7, 11) is 0. The molecule has 0 atom stereocenters. The molecule has 0 aliphatic carbocycles. The van der Waals surface area contributed by atoms with Crippen LogP contribution in [0.3, 0.4) is 0 Å². The van der Waals surface area contributed by atoms with Gasteiger partial charge < -0.3 is 21.4 Å². The van der Waals surface area contributed by atoms with Crippen LogP contribution >= 0.6 is 0 Å². The number of H-pyrrole nitrogens is 1. The maximum Gasteiger partial charge on any atom is 0.272 e. The van der Waals surface area contributed by atoms with E-state index in [1.807, 2.05) is 13.8 Å². The lowest BCUT2D eigenvalue weighted by atomic mass is 10.1. The van der Waals surface area contributed by atoms with Crippen molar-refractivity contribution in [3.05, 3.63) is 52.3 Å². The highest BCUT2D eigenvalue weighted by atomic mass is 16.2. The van der Waals surface area contributed by atoms with Gasteiger partial charge in [0.1, 0.15) is 5.69 Å². The molecule has 3 amide bonds. The molecule has 2 aromatic rings. The van der Waals surface area contributed by atoms with Crippen LogP contribution in [0.25, 0.3) is 0 Å². The average molecular weight is 342 g/mol. The zero-order valence-electron chi connectivity index (χ0n) is 14.5. The van der Waals surface area contributed by atoms with Gasteiger partial charge in [-0.1, -0.05) is 13.0 Å². The molecule has 132 valence electrons. The van der Waals surface area contributed by atoms with Crippen molar-refractivity contribution >= 4 is 23.4 Å². The molecule has 0 radical (unpaired) electrons. The molecule has 1 aromatic carbocycles. The zero-order chi connectivity index (χ0) is 18.6. The van der Waals surface area contributed by atoms with E-state index >= 15 is 0 Å². The summed E-state index contributed by atoms with van der Waals surface area (Å²) in [5.41, 5.74) is 8.16. The average Bonchev–Trinajstić information content (AvgIpc) is 2.96. The SMILES string of the molecule is CCCNC(=O)c1c[nH]c(C(=O)Nc2cc(C(N)=O)ccc2C)c1C. The number of aromatic amines is 1. The van der Waals surface area contributed by atoms with Gasteiger partial charge in [0.15, 0.2) is 0 Å². The van der Waals surface area contributed by atoms with E-state index in [1.54, 1.807) is 19.1 Å². The highest BCUT2D eigenvalue weighted by Crippen LogP contribution is 2.19. The number of carbonyl (C=O) groups excluding carboxylic acids is 3. The first-order chi connectivity index (χ1) is 11.8. The van der Waals surface area contributed by atoms with E-state index in [0.29, 0.717) is 34.6 Å². The van der Waals surface area contributed by atoms with Crippen LogP contribution in [0, 0.1) is 13.8 Å². The van der Waals surface area contributed by atoms with Crippen LogP contribution in [0.4, 0.5) is 5.69 Å². The maximum atomic E-state index is 12.5. The number of benzene rings is 1. The standard InChI is InChI=1S/C18H22N4O3/c1-4-7-20-17(24)13-9-21-15(11(13)3)18(25)22-14-8-12(16(19)23)6-5-10(14)2/h5-6,8-9,21H,4,7H2,1-3H3,(H2,19,23)(H,20,24)(H,22,25). The topological polar surface area (TPSA) is 117 Å². The van der Waals surface area contributed by atoms with E-state index in [0.717, 1.165) is 12.0 Å². The minimum atomic E-state index is -0.568. The molecule has 1 aromatic heterocycles. The molecular weight excluding hydrogens is 320 g/mol. The van der Waals surface area contributed by atoms with Gasteiger partial charge in [-0.2, -0.15) is 0 Å². The Hall–Kier alpha value is -3.09. The van der Waals surface area contributed by atoms with Gasteiger partial charge in [-0.05, 0) is 43.5 Å². The number of aryl methyl sites for hydroxylation is 1. The second kappa shape index (κ2) is 7.65. The van der Waals surface area contributed by atoms with Crippen LogP contribution in [-0.2, 0) is 0 Å². The number of nitrogens with one attached hydrogen (secondary N) is 3. The summed E-state index contributed by atoms with van der Waals surface area (Å²) in [6.45, 7) is 6.06. The van der Waals surface area contributed by atoms with Crippen molar-refractivity contribution in [2.45, 2.75) is 27.2 Å². The molecule has 0 aliphatic heterocycles. The third-order valence-electron chi connectivity index (χ3n) is 3.92. The Balaban J connectivity index is 2.22. The minimum absolute atomic E-state index is 0.221. The maximum absolute atomic E-state index is 12.5. The predicted octanol–water partition coefficient (Wildman–Crippen LogP) is 2.12. The number of carbonyl (C=O) groups is 3. The summed E-state index contributed by atoms with van der Waals surface area (Å²) in [4.78, 5) is 38.7.